The van der Waals surface area contributed by atoms with E-state index >= 15 is 0 Å². The van der Waals surface area contributed by atoms with Gasteiger partial charge in [-0.1, -0.05) is 0 Å². The fourth-order valence-corrected chi connectivity index (χ4v) is 3.26. The highest BCUT2D eigenvalue weighted by atomic mass is 16.5. The summed E-state index contributed by atoms with van der Waals surface area (Å²) in [6.45, 7) is 1.38. The van der Waals surface area contributed by atoms with Crippen LogP contribution in [0.2, 0.25) is 0 Å². The van der Waals surface area contributed by atoms with Crippen LogP contribution in [0, 0.1) is 5.92 Å². The largest absolute Gasteiger partial charge is 0.497 e. The number of rotatable bonds is 7. The van der Waals surface area contributed by atoms with E-state index in [0.29, 0.717) is 44.0 Å². The van der Waals surface area contributed by atoms with Gasteiger partial charge in [0.2, 0.25) is 5.91 Å². The van der Waals surface area contributed by atoms with E-state index in [2.05, 4.69) is 5.32 Å². The molecular formula is C19H27N3O5. The van der Waals surface area contributed by atoms with Gasteiger partial charge in [0, 0.05) is 37.7 Å². The van der Waals surface area contributed by atoms with Gasteiger partial charge in [-0.15, -0.1) is 0 Å². The van der Waals surface area contributed by atoms with Crippen molar-refractivity contribution in [2.45, 2.75) is 32.2 Å². The van der Waals surface area contributed by atoms with Crippen molar-refractivity contribution >= 4 is 17.7 Å². The molecule has 0 bridgehead atoms. The first-order valence-corrected chi connectivity index (χ1v) is 9.01. The number of carbonyl (C=O) groups is 3. The molecule has 0 saturated carbocycles. The molecule has 148 valence electrons. The predicted octanol–water partition coefficient (Wildman–Crippen LogP) is 0.824. The van der Waals surface area contributed by atoms with E-state index in [9.17, 15) is 14.4 Å². The Labute approximate surface area is 159 Å². The molecule has 3 N–H and O–H groups in total. The first-order valence-electron chi connectivity index (χ1n) is 9.01. The van der Waals surface area contributed by atoms with Crippen LogP contribution in [0.5, 0.6) is 11.5 Å². The predicted molar refractivity (Wildman–Crippen MR) is 99.1 cm³/mol. The van der Waals surface area contributed by atoms with Crippen LogP contribution in [-0.4, -0.2) is 49.9 Å². The standard InChI is InChI=1S/C19H27N3O5/c1-26-15-7-6-14(16(10-15)27-2)11-21-17(23)8-5-13-4-3-9-22(12-13)19(25)18(20)24/h6-7,10,13H,3-5,8-9,11-12H2,1-2H3,(H2,20,24)(H,21,23). The number of amides is 3. The highest BCUT2D eigenvalue weighted by Gasteiger charge is 2.26. The van der Waals surface area contributed by atoms with Crippen molar-refractivity contribution in [3.05, 3.63) is 23.8 Å². The number of methoxy groups -OCH3 is 2. The minimum atomic E-state index is -0.929. The molecule has 0 aliphatic carbocycles. The summed E-state index contributed by atoms with van der Waals surface area (Å²) in [7, 11) is 3.15. The molecule has 1 atom stereocenters. The van der Waals surface area contributed by atoms with Crippen LogP contribution >= 0.6 is 0 Å². The number of hydrogen-bond donors (Lipinski definition) is 2. The van der Waals surface area contributed by atoms with Crippen LogP contribution < -0.4 is 20.5 Å². The van der Waals surface area contributed by atoms with E-state index < -0.39 is 11.8 Å². The second kappa shape index (κ2) is 9.80. The van der Waals surface area contributed by atoms with Gasteiger partial charge in [-0.25, -0.2) is 0 Å². The highest BCUT2D eigenvalue weighted by Crippen LogP contribution is 2.25. The third-order valence-electron chi connectivity index (χ3n) is 4.77. The molecule has 8 heteroatoms. The number of nitrogens with one attached hydrogen (secondary N) is 1. The second-order valence-electron chi connectivity index (χ2n) is 6.62. The normalized spacial score (nSPS) is 16.5. The summed E-state index contributed by atoms with van der Waals surface area (Å²) in [6, 6.07) is 5.44. The Balaban J connectivity index is 1.79. The monoisotopic (exact) mass is 377 g/mol. The van der Waals surface area contributed by atoms with Crippen LogP contribution in [0.3, 0.4) is 0 Å². The molecule has 27 heavy (non-hydrogen) atoms. The Hall–Kier alpha value is -2.77. The van der Waals surface area contributed by atoms with Gasteiger partial charge in [-0.2, -0.15) is 0 Å². The summed E-state index contributed by atoms with van der Waals surface area (Å²) in [5, 5.41) is 2.89. The van der Waals surface area contributed by atoms with Gasteiger partial charge in [0.15, 0.2) is 0 Å². The summed E-state index contributed by atoms with van der Waals surface area (Å²) in [5.41, 5.74) is 5.92. The van der Waals surface area contributed by atoms with Gasteiger partial charge >= 0.3 is 11.8 Å². The van der Waals surface area contributed by atoms with E-state index in [4.69, 9.17) is 15.2 Å². The minimum absolute atomic E-state index is 0.0637. The van der Waals surface area contributed by atoms with Crippen LogP contribution in [0.25, 0.3) is 0 Å². The van der Waals surface area contributed by atoms with Crippen molar-refractivity contribution in [2.24, 2.45) is 11.7 Å². The minimum Gasteiger partial charge on any atom is -0.497 e. The maximum absolute atomic E-state index is 12.2. The molecule has 1 aromatic carbocycles. The molecule has 2 rings (SSSR count). The maximum atomic E-state index is 12.2. The number of nitrogens with zero attached hydrogens (tertiary/aromatic N) is 1. The summed E-state index contributed by atoms with van der Waals surface area (Å²) in [5.74, 6) is -0.0936. The Bertz CT molecular complexity index is 692. The Morgan fingerprint density at radius 2 is 2.04 bits per heavy atom. The van der Waals surface area contributed by atoms with Crippen LogP contribution in [-0.2, 0) is 20.9 Å². The number of primary amides is 1. The smallest absolute Gasteiger partial charge is 0.311 e. The lowest BCUT2D eigenvalue weighted by atomic mass is 9.93. The molecular weight excluding hydrogens is 350 g/mol. The number of nitrogens with two attached hydrogens (primary N) is 1. The third kappa shape index (κ3) is 5.87. The Morgan fingerprint density at radius 1 is 1.26 bits per heavy atom. The van der Waals surface area contributed by atoms with E-state index in [0.717, 1.165) is 18.4 Å². The van der Waals surface area contributed by atoms with Crippen molar-refractivity contribution in [3.8, 4) is 11.5 Å². The Morgan fingerprint density at radius 3 is 2.70 bits per heavy atom. The zero-order valence-corrected chi connectivity index (χ0v) is 15.8. The summed E-state index contributed by atoms with van der Waals surface area (Å²) in [6.07, 6.45) is 2.77. The fraction of sp³-hybridized carbons (Fsp3) is 0.526. The third-order valence-corrected chi connectivity index (χ3v) is 4.77. The van der Waals surface area contributed by atoms with Crippen molar-refractivity contribution in [1.29, 1.82) is 0 Å². The van der Waals surface area contributed by atoms with Crippen molar-refractivity contribution in [2.75, 3.05) is 27.3 Å². The molecule has 1 fully saturated rings. The number of carbonyl (C=O) groups excluding carboxylic acids is 3. The van der Waals surface area contributed by atoms with Gasteiger partial charge in [0.05, 0.1) is 14.2 Å². The molecule has 1 heterocycles. The number of ether oxygens (including phenoxy) is 2. The van der Waals surface area contributed by atoms with Crippen LogP contribution in [0.4, 0.5) is 0 Å². The first-order chi connectivity index (χ1) is 12.9. The molecule has 0 radical (unpaired) electrons. The molecule has 0 spiro atoms. The lowest BCUT2D eigenvalue weighted by Gasteiger charge is -2.31. The molecule has 1 saturated heterocycles. The lowest BCUT2D eigenvalue weighted by Crippen LogP contribution is -2.45. The topological polar surface area (TPSA) is 111 Å². The number of piperidine rings is 1. The molecule has 1 unspecified atom stereocenters. The molecule has 3 amide bonds. The SMILES string of the molecule is COc1ccc(CNC(=O)CCC2CCCN(C(=O)C(N)=O)C2)c(OC)c1. The van der Waals surface area contributed by atoms with E-state index in [-0.39, 0.29) is 11.8 Å². The quantitative estimate of drug-likeness (QED) is 0.684. The summed E-state index contributed by atoms with van der Waals surface area (Å²) in [4.78, 5) is 36.4. The average Bonchev–Trinajstić information content (AvgIpc) is 2.70. The molecule has 1 aliphatic heterocycles. The van der Waals surface area contributed by atoms with Gasteiger partial charge in [0.1, 0.15) is 11.5 Å². The second-order valence-corrected chi connectivity index (χ2v) is 6.62. The lowest BCUT2D eigenvalue weighted by molar-refractivity contribution is -0.145. The maximum Gasteiger partial charge on any atom is 0.311 e. The zero-order valence-electron chi connectivity index (χ0n) is 15.8. The van der Waals surface area contributed by atoms with Crippen LogP contribution in [0.1, 0.15) is 31.2 Å². The summed E-state index contributed by atoms with van der Waals surface area (Å²) >= 11 is 0. The number of likely N-dealkylation sites (tertiary alicyclic amines) is 1. The van der Waals surface area contributed by atoms with Crippen molar-refractivity contribution in [1.82, 2.24) is 10.2 Å². The molecule has 1 aromatic rings. The van der Waals surface area contributed by atoms with Crippen LogP contribution in [0.15, 0.2) is 18.2 Å². The molecule has 8 nitrogen and oxygen atoms in total. The van der Waals surface area contributed by atoms with Crippen molar-refractivity contribution < 1.29 is 23.9 Å². The highest BCUT2D eigenvalue weighted by molar-refractivity contribution is 6.34. The number of hydrogen-bond acceptors (Lipinski definition) is 5. The molecule has 0 aromatic heterocycles. The Kier molecular flexibility index (Phi) is 7.45. The number of benzene rings is 1. The average molecular weight is 377 g/mol. The summed E-state index contributed by atoms with van der Waals surface area (Å²) < 4.78 is 10.5. The van der Waals surface area contributed by atoms with E-state index in [1.807, 2.05) is 12.1 Å². The fourth-order valence-electron chi connectivity index (χ4n) is 3.26. The van der Waals surface area contributed by atoms with Gasteiger partial charge in [-0.3, -0.25) is 14.4 Å². The van der Waals surface area contributed by atoms with Gasteiger partial charge in [0.25, 0.3) is 0 Å². The van der Waals surface area contributed by atoms with Crippen molar-refractivity contribution in [3.63, 3.8) is 0 Å². The van der Waals surface area contributed by atoms with Gasteiger partial charge < -0.3 is 25.4 Å². The van der Waals surface area contributed by atoms with Gasteiger partial charge in [-0.05, 0) is 37.3 Å². The first kappa shape index (κ1) is 20.5. The van der Waals surface area contributed by atoms with E-state index in [1.54, 1.807) is 20.3 Å². The van der Waals surface area contributed by atoms with E-state index in [1.165, 1.54) is 4.90 Å². The molecule has 1 aliphatic rings. The zero-order chi connectivity index (χ0) is 19.8.